The number of nitrogens with zero attached hydrogens (tertiary/aromatic N) is 1. The fraction of sp³-hybridized carbons (Fsp3) is 0.667. The third-order valence-electron chi connectivity index (χ3n) is 3.22. The second kappa shape index (κ2) is 6.75. The molecule has 1 aromatic heterocycles. The number of methoxy groups -OCH3 is 1. The number of ether oxygens (including phenoxy) is 1. The van der Waals surface area contributed by atoms with Crippen LogP contribution >= 0.6 is 11.3 Å². The number of hydrogen-bond acceptors (Lipinski definition) is 6. The number of esters is 1. The fourth-order valence-corrected chi connectivity index (χ4v) is 3.07. The van der Waals surface area contributed by atoms with Crippen LogP contribution in [0.25, 0.3) is 0 Å². The third kappa shape index (κ3) is 4.27. The van der Waals surface area contributed by atoms with Gasteiger partial charge < -0.3 is 15.8 Å². The molecule has 22 heavy (non-hydrogen) atoms. The third-order valence-corrected chi connectivity index (χ3v) is 4.17. The Kier molecular flexibility index (Phi) is 5.70. The molecule has 0 aliphatic heterocycles. The molecule has 0 aliphatic rings. The molecule has 0 bridgehead atoms. The molecule has 1 rings (SSSR count). The predicted octanol–water partition coefficient (Wildman–Crippen LogP) is 2.68. The summed E-state index contributed by atoms with van der Waals surface area (Å²) >= 11 is 1.11. The zero-order valence-electron chi connectivity index (χ0n) is 14.1. The predicted molar refractivity (Wildman–Crippen MR) is 88.3 cm³/mol. The Morgan fingerprint density at radius 3 is 2.36 bits per heavy atom. The molecule has 0 saturated heterocycles. The van der Waals surface area contributed by atoms with Crippen molar-refractivity contribution in [1.29, 1.82) is 0 Å². The van der Waals surface area contributed by atoms with Crippen molar-refractivity contribution < 1.29 is 14.3 Å². The van der Waals surface area contributed by atoms with E-state index in [4.69, 9.17) is 10.5 Å². The maximum absolute atomic E-state index is 12.2. The lowest BCUT2D eigenvalue weighted by Gasteiger charge is -2.21. The standard InChI is InChI=1S/C15H25N3O3S/c1-7-8-15(5,16)12(20)18-13-17-10(14(2,3)4)9(22-13)11(19)21-6/h7-8,16H2,1-6H3,(H,17,18,20). The van der Waals surface area contributed by atoms with E-state index in [0.29, 0.717) is 22.1 Å². The fourth-order valence-electron chi connectivity index (χ4n) is 1.99. The number of hydrogen-bond donors (Lipinski definition) is 2. The van der Waals surface area contributed by atoms with Crippen LogP contribution in [0.5, 0.6) is 0 Å². The van der Waals surface area contributed by atoms with Crippen LogP contribution in [0.4, 0.5) is 5.13 Å². The summed E-state index contributed by atoms with van der Waals surface area (Å²) < 4.78 is 4.79. The topological polar surface area (TPSA) is 94.3 Å². The summed E-state index contributed by atoms with van der Waals surface area (Å²) in [7, 11) is 1.32. The van der Waals surface area contributed by atoms with Crippen LogP contribution in [0.2, 0.25) is 0 Å². The number of anilines is 1. The van der Waals surface area contributed by atoms with E-state index in [0.717, 1.165) is 17.8 Å². The van der Waals surface area contributed by atoms with E-state index in [1.54, 1.807) is 6.92 Å². The van der Waals surface area contributed by atoms with Gasteiger partial charge in [-0.2, -0.15) is 0 Å². The highest BCUT2D eigenvalue weighted by Crippen LogP contribution is 2.33. The zero-order valence-corrected chi connectivity index (χ0v) is 14.9. The zero-order chi connectivity index (χ0) is 17.1. The van der Waals surface area contributed by atoms with E-state index >= 15 is 0 Å². The molecule has 0 aliphatic carbocycles. The van der Waals surface area contributed by atoms with E-state index in [-0.39, 0.29) is 11.3 Å². The second-order valence-electron chi connectivity index (χ2n) is 6.56. The first-order valence-corrected chi connectivity index (χ1v) is 8.04. The van der Waals surface area contributed by atoms with Gasteiger partial charge in [0.25, 0.3) is 0 Å². The van der Waals surface area contributed by atoms with E-state index in [2.05, 4.69) is 10.3 Å². The summed E-state index contributed by atoms with van der Waals surface area (Å²) in [5.41, 5.74) is 5.31. The first-order valence-electron chi connectivity index (χ1n) is 7.23. The molecule has 7 heteroatoms. The smallest absolute Gasteiger partial charge is 0.350 e. The summed E-state index contributed by atoms with van der Waals surface area (Å²) in [6, 6.07) is 0. The summed E-state index contributed by atoms with van der Waals surface area (Å²) in [6.45, 7) is 9.50. The van der Waals surface area contributed by atoms with Gasteiger partial charge in [-0.1, -0.05) is 45.5 Å². The number of thiazole rings is 1. The van der Waals surface area contributed by atoms with Crippen molar-refractivity contribution >= 4 is 28.3 Å². The monoisotopic (exact) mass is 327 g/mol. The lowest BCUT2D eigenvalue weighted by Crippen LogP contribution is -2.48. The molecular weight excluding hydrogens is 302 g/mol. The Balaban J connectivity index is 3.10. The Morgan fingerprint density at radius 1 is 1.32 bits per heavy atom. The highest BCUT2D eigenvalue weighted by molar-refractivity contribution is 7.17. The molecule has 1 heterocycles. The molecule has 1 amide bonds. The summed E-state index contributed by atoms with van der Waals surface area (Å²) in [4.78, 5) is 28.9. The maximum Gasteiger partial charge on any atom is 0.350 e. The SMILES string of the molecule is CCCC(C)(N)C(=O)Nc1nc(C(C)(C)C)c(C(=O)OC)s1. The van der Waals surface area contributed by atoms with Crippen LogP contribution in [0.3, 0.4) is 0 Å². The van der Waals surface area contributed by atoms with Gasteiger partial charge in [-0.25, -0.2) is 9.78 Å². The first kappa shape index (κ1) is 18.6. The quantitative estimate of drug-likeness (QED) is 0.811. The molecule has 1 aromatic rings. The number of nitrogens with one attached hydrogen (secondary N) is 1. The van der Waals surface area contributed by atoms with E-state index in [9.17, 15) is 9.59 Å². The molecule has 0 aromatic carbocycles. The number of carbonyl (C=O) groups excluding carboxylic acids is 2. The van der Waals surface area contributed by atoms with Gasteiger partial charge in [0.1, 0.15) is 4.88 Å². The van der Waals surface area contributed by atoms with Crippen LogP contribution < -0.4 is 11.1 Å². The lowest BCUT2D eigenvalue weighted by molar-refractivity contribution is -0.120. The molecule has 0 saturated carbocycles. The number of aromatic nitrogens is 1. The minimum absolute atomic E-state index is 0.306. The number of nitrogens with two attached hydrogens (primary N) is 1. The normalized spacial score (nSPS) is 14.3. The highest BCUT2D eigenvalue weighted by Gasteiger charge is 2.31. The molecular formula is C15H25N3O3S. The largest absolute Gasteiger partial charge is 0.465 e. The van der Waals surface area contributed by atoms with Crippen molar-refractivity contribution in [3.8, 4) is 0 Å². The van der Waals surface area contributed by atoms with E-state index in [1.165, 1.54) is 7.11 Å². The molecule has 6 nitrogen and oxygen atoms in total. The summed E-state index contributed by atoms with van der Waals surface area (Å²) in [5.74, 6) is -0.757. The highest BCUT2D eigenvalue weighted by atomic mass is 32.1. The van der Waals surface area contributed by atoms with E-state index in [1.807, 2.05) is 27.7 Å². The van der Waals surface area contributed by atoms with Crippen molar-refractivity contribution in [2.45, 2.75) is 58.4 Å². The van der Waals surface area contributed by atoms with Gasteiger partial charge >= 0.3 is 5.97 Å². The number of rotatable bonds is 5. The van der Waals surface area contributed by atoms with Crippen molar-refractivity contribution in [2.75, 3.05) is 12.4 Å². The van der Waals surface area contributed by atoms with Crippen LogP contribution in [0.1, 0.15) is 62.8 Å². The number of amides is 1. The second-order valence-corrected chi connectivity index (χ2v) is 7.56. The van der Waals surface area contributed by atoms with Gasteiger partial charge in [-0.05, 0) is 13.3 Å². The average Bonchev–Trinajstić information content (AvgIpc) is 2.81. The van der Waals surface area contributed by atoms with E-state index < -0.39 is 11.5 Å². The number of carbonyl (C=O) groups is 2. The van der Waals surface area contributed by atoms with Crippen LogP contribution in [-0.2, 0) is 14.9 Å². The van der Waals surface area contributed by atoms with Crippen molar-refractivity contribution in [3.63, 3.8) is 0 Å². The molecule has 0 radical (unpaired) electrons. The Labute approximate surface area is 135 Å². The Morgan fingerprint density at radius 2 is 1.91 bits per heavy atom. The van der Waals surface area contributed by atoms with Crippen molar-refractivity contribution in [2.24, 2.45) is 5.73 Å². The minimum atomic E-state index is -0.965. The molecule has 1 atom stereocenters. The first-order chi connectivity index (χ1) is 10.0. The van der Waals surface area contributed by atoms with Gasteiger partial charge in [-0.3, -0.25) is 4.79 Å². The van der Waals surface area contributed by atoms with Gasteiger partial charge in [-0.15, -0.1) is 0 Å². The minimum Gasteiger partial charge on any atom is -0.465 e. The lowest BCUT2D eigenvalue weighted by atomic mass is 9.91. The van der Waals surface area contributed by atoms with Gasteiger partial charge in [0.2, 0.25) is 5.91 Å². The van der Waals surface area contributed by atoms with Gasteiger partial charge in [0.15, 0.2) is 5.13 Å². The Hall–Kier alpha value is -1.47. The maximum atomic E-state index is 12.2. The molecule has 3 N–H and O–H groups in total. The van der Waals surface area contributed by atoms with Crippen LogP contribution in [-0.4, -0.2) is 29.5 Å². The summed E-state index contributed by atoms with van der Waals surface area (Å²) in [6.07, 6.45) is 1.37. The average molecular weight is 327 g/mol. The van der Waals surface area contributed by atoms with Crippen molar-refractivity contribution in [1.82, 2.24) is 4.98 Å². The molecule has 0 spiro atoms. The van der Waals surface area contributed by atoms with Crippen LogP contribution in [0.15, 0.2) is 0 Å². The van der Waals surface area contributed by atoms with Crippen molar-refractivity contribution in [3.05, 3.63) is 10.6 Å². The Bertz CT molecular complexity index is 559. The molecule has 124 valence electrons. The van der Waals surface area contributed by atoms with Gasteiger partial charge in [0.05, 0.1) is 18.3 Å². The molecule has 1 unspecified atom stereocenters. The summed E-state index contributed by atoms with van der Waals surface area (Å²) in [5, 5.41) is 3.08. The molecule has 0 fully saturated rings. The van der Waals surface area contributed by atoms with Crippen LogP contribution in [0, 0.1) is 0 Å². The van der Waals surface area contributed by atoms with Gasteiger partial charge in [0, 0.05) is 5.41 Å².